The van der Waals surface area contributed by atoms with Crippen LogP contribution in [0.2, 0.25) is 0 Å². The zero-order valence-corrected chi connectivity index (χ0v) is 11.9. The van der Waals surface area contributed by atoms with E-state index < -0.39 is 0 Å². The van der Waals surface area contributed by atoms with Crippen molar-refractivity contribution in [3.63, 3.8) is 0 Å². The molecule has 0 amide bonds. The fourth-order valence-electron chi connectivity index (χ4n) is 2.24. The van der Waals surface area contributed by atoms with Crippen molar-refractivity contribution in [1.29, 1.82) is 0 Å². The molecule has 1 aliphatic rings. The Kier molecular flexibility index (Phi) is 4.30. The van der Waals surface area contributed by atoms with E-state index in [2.05, 4.69) is 4.98 Å². The molecule has 1 N–H and O–H groups in total. The Morgan fingerprint density at radius 1 is 1.40 bits per heavy atom. The molecule has 1 aromatic carbocycles. The lowest BCUT2D eigenvalue weighted by Gasteiger charge is -2.08. The van der Waals surface area contributed by atoms with Gasteiger partial charge in [-0.25, -0.2) is 4.98 Å². The first-order chi connectivity index (χ1) is 9.86. The summed E-state index contributed by atoms with van der Waals surface area (Å²) in [5.41, 5.74) is 1.70. The fraction of sp³-hybridized carbons (Fsp3) is 0.400. The number of rotatable bonds is 5. The smallest absolute Gasteiger partial charge is 0.131 e. The van der Waals surface area contributed by atoms with Crippen LogP contribution >= 0.6 is 11.3 Å². The summed E-state index contributed by atoms with van der Waals surface area (Å²) in [5.74, 6) is 0.710. The molecule has 5 heteroatoms. The lowest BCUT2D eigenvalue weighted by atomic mass is 10.2. The molecule has 4 nitrogen and oxygen atoms in total. The average molecular weight is 291 g/mol. The van der Waals surface area contributed by atoms with Gasteiger partial charge in [0.1, 0.15) is 23.5 Å². The Morgan fingerprint density at radius 2 is 2.30 bits per heavy atom. The van der Waals surface area contributed by atoms with Gasteiger partial charge >= 0.3 is 0 Å². The molecule has 1 aromatic heterocycles. The lowest BCUT2D eigenvalue weighted by Crippen LogP contribution is -2.00. The summed E-state index contributed by atoms with van der Waals surface area (Å²) in [6, 6.07) is 7.50. The fourth-order valence-corrected chi connectivity index (χ4v) is 3.12. The number of ether oxygens (including phenoxy) is 2. The van der Waals surface area contributed by atoms with Crippen molar-refractivity contribution in [3.8, 4) is 5.75 Å². The molecule has 0 aliphatic carbocycles. The molecular weight excluding hydrogens is 274 g/mol. The molecule has 20 heavy (non-hydrogen) atoms. The number of benzene rings is 1. The number of hydrogen-bond donors (Lipinski definition) is 1. The average Bonchev–Trinajstić information content (AvgIpc) is 3.16. The van der Waals surface area contributed by atoms with E-state index in [1.54, 1.807) is 11.3 Å². The Labute approximate surface area is 122 Å². The third-order valence-electron chi connectivity index (χ3n) is 3.29. The molecule has 2 aromatic rings. The summed E-state index contributed by atoms with van der Waals surface area (Å²) in [6.07, 6.45) is 2.33. The van der Waals surface area contributed by atoms with Crippen molar-refractivity contribution < 1.29 is 14.6 Å². The number of hydrogen-bond acceptors (Lipinski definition) is 5. The van der Waals surface area contributed by atoms with Gasteiger partial charge in [-0.05, 0) is 18.9 Å². The highest BCUT2D eigenvalue weighted by atomic mass is 32.1. The Morgan fingerprint density at radius 3 is 3.10 bits per heavy atom. The monoisotopic (exact) mass is 291 g/mol. The van der Waals surface area contributed by atoms with Crippen molar-refractivity contribution in [2.75, 3.05) is 6.61 Å². The highest BCUT2D eigenvalue weighted by Gasteiger charge is 2.20. The lowest BCUT2D eigenvalue weighted by molar-refractivity contribution is 0.111. The Balaban J connectivity index is 1.63. The molecule has 106 valence electrons. The number of para-hydroxylation sites is 1. The molecule has 3 rings (SSSR count). The van der Waals surface area contributed by atoms with Gasteiger partial charge < -0.3 is 14.6 Å². The summed E-state index contributed by atoms with van der Waals surface area (Å²) >= 11 is 1.63. The Bertz CT molecular complexity index is 564. The largest absolute Gasteiger partial charge is 0.487 e. The van der Waals surface area contributed by atoms with Crippen LogP contribution in [0.4, 0.5) is 0 Å². The van der Waals surface area contributed by atoms with Crippen LogP contribution in [0.15, 0.2) is 29.6 Å². The molecule has 0 unspecified atom stereocenters. The van der Waals surface area contributed by atoms with E-state index in [0.717, 1.165) is 35.7 Å². The van der Waals surface area contributed by atoms with Gasteiger partial charge in [-0.2, -0.15) is 0 Å². The maximum absolute atomic E-state index is 9.25. The molecule has 0 radical (unpaired) electrons. The number of aliphatic hydroxyl groups excluding tert-OH is 1. The van der Waals surface area contributed by atoms with E-state index in [1.807, 2.05) is 29.6 Å². The molecule has 0 bridgehead atoms. The standard InChI is InChI=1S/C15H17NO3S/c17-8-11-4-1-2-5-13(11)19-9-12-10-20-15(16-12)14-6-3-7-18-14/h1-2,4-5,10,14,17H,3,6-9H2/t14-/m0/s1. The van der Waals surface area contributed by atoms with Crippen molar-refractivity contribution >= 4 is 11.3 Å². The quantitative estimate of drug-likeness (QED) is 0.920. The van der Waals surface area contributed by atoms with Crippen LogP contribution in [-0.4, -0.2) is 16.7 Å². The summed E-state index contributed by atoms with van der Waals surface area (Å²) < 4.78 is 11.4. The van der Waals surface area contributed by atoms with Gasteiger partial charge in [-0.15, -0.1) is 11.3 Å². The summed E-state index contributed by atoms with van der Waals surface area (Å²) in [5, 5.41) is 12.3. The van der Waals surface area contributed by atoms with Crippen molar-refractivity contribution in [2.45, 2.75) is 32.2 Å². The first kappa shape index (κ1) is 13.5. The topological polar surface area (TPSA) is 51.6 Å². The minimum Gasteiger partial charge on any atom is -0.487 e. The predicted molar refractivity (Wildman–Crippen MR) is 76.7 cm³/mol. The van der Waals surface area contributed by atoms with Crippen molar-refractivity contribution in [3.05, 3.63) is 45.9 Å². The van der Waals surface area contributed by atoms with Gasteiger partial charge in [-0.3, -0.25) is 0 Å². The minimum atomic E-state index is -0.0194. The maximum Gasteiger partial charge on any atom is 0.131 e. The zero-order valence-electron chi connectivity index (χ0n) is 11.1. The zero-order chi connectivity index (χ0) is 13.8. The van der Waals surface area contributed by atoms with Crippen LogP contribution in [0.1, 0.15) is 35.2 Å². The second kappa shape index (κ2) is 6.35. The van der Waals surface area contributed by atoms with Gasteiger partial charge in [0.2, 0.25) is 0 Å². The highest BCUT2D eigenvalue weighted by molar-refractivity contribution is 7.09. The number of aromatic nitrogens is 1. The molecule has 2 heterocycles. The van der Waals surface area contributed by atoms with Gasteiger partial charge in [0.15, 0.2) is 0 Å². The first-order valence-electron chi connectivity index (χ1n) is 6.74. The molecule has 1 aliphatic heterocycles. The van der Waals surface area contributed by atoms with Crippen molar-refractivity contribution in [1.82, 2.24) is 4.98 Å². The third-order valence-corrected chi connectivity index (χ3v) is 4.28. The SMILES string of the molecule is OCc1ccccc1OCc1csc([C@@H]2CCCO2)n1. The normalized spacial score (nSPS) is 18.4. The first-order valence-corrected chi connectivity index (χ1v) is 7.62. The van der Waals surface area contributed by atoms with Gasteiger partial charge in [0, 0.05) is 17.6 Å². The Hall–Kier alpha value is -1.43. The maximum atomic E-state index is 9.25. The highest BCUT2D eigenvalue weighted by Crippen LogP contribution is 2.30. The van der Waals surface area contributed by atoms with Gasteiger partial charge in [0.05, 0.1) is 12.3 Å². The molecule has 0 saturated carbocycles. The molecule has 1 fully saturated rings. The van der Waals surface area contributed by atoms with E-state index in [0.29, 0.717) is 12.4 Å². The van der Waals surface area contributed by atoms with Crippen LogP contribution in [0.25, 0.3) is 0 Å². The minimum absolute atomic E-state index is 0.0194. The van der Waals surface area contributed by atoms with Crippen LogP contribution < -0.4 is 4.74 Å². The predicted octanol–water partition coefficient (Wildman–Crippen LogP) is 3.07. The van der Waals surface area contributed by atoms with Crippen LogP contribution in [0, 0.1) is 0 Å². The number of nitrogens with zero attached hydrogens (tertiary/aromatic N) is 1. The van der Waals surface area contributed by atoms with E-state index in [-0.39, 0.29) is 12.7 Å². The number of thiazole rings is 1. The molecule has 0 spiro atoms. The summed E-state index contributed by atoms with van der Waals surface area (Å²) in [6.45, 7) is 1.23. The van der Waals surface area contributed by atoms with E-state index in [9.17, 15) is 5.11 Å². The number of aliphatic hydroxyl groups is 1. The second-order valence-corrected chi connectivity index (χ2v) is 5.62. The van der Waals surface area contributed by atoms with Crippen LogP contribution in [0.5, 0.6) is 5.75 Å². The van der Waals surface area contributed by atoms with E-state index in [4.69, 9.17) is 9.47 Å². The van der Waals surface area contributed by atoms with Gasteiger partial charge in [-0.1, -0.05) is 18.2 Å². The molecular formula is C15H17NO3S. The van der Waals surface area contributed by atoms with E-state index >= 15 is 0 Å². The second-order valence-electron chi connectivity index (χ2n) is 4.73. The molecule has 1 saturated heterocycles. The van der Waals surface area contributed by atoms with E-state index in [1.165, 1.54) is 0 Å². The van der Waals surface area contributed by atoms with Crippen LogP contribution in [0.3, 0.4) is 0 Å². The van der Waals surface area contributed by atoms with Crippen LogP contribution in [-0.2, 0) is 18.0 Å². The van der Waals surface area contributed by atoms with Crippen molar-refractivity contribution in [2.24, 2.45) is 0 Å². The summed E-state index contributed by atoms with van der Waals surface area (Å²) in [7, 11) is 0. The summed E-state index contributed by atoms with van der Waals surface area (Å²) in [4.78, 5) is 4.57. The molecule has 1 atom stereocenters. The van der Waals surface area contributed by atoms with Gasteiger partial charge in [0.25, 0.3) is 0 Å². The third kappa shape index (κ3) is 3.00.